The first-order valence-electron chi connectivity index (χ1n) is 9.32. The second kappa shape index (κ2) is 10.7. The van der Waals surface area contributed by atoms with Crippen LogP contribution in [0.3, 0.4) is 0 Å². The zero-order chi connectivity index (χ0) is 19.6. The van der Waals surface area contributed by atoms with E-state index in [-0.39, 0.29) is 24.1 Å². The molecular formula is C20H34N4O2. The molecule has 6 nitrogen and oxygen atoms in total. The lowest BCUT2D eigenvalue weighted by Crippen LogP contribution is -2.42. The van der Waals surface area contributed by atoms with Crippen molar-refractivity contribution in [2.75, 3.05) is 18.4 Å². The number of aliphatic imine (C=N–C) groups is 1. The Balaban J connectivity index is 2.72. The number of benzene rings is 1. The third-order valence-electron chi connectivity index (χ3n) is 3.21. The summed E-state index contributed by atoms with van der Waals surface area (Å²) in [4.78, 5) is 16.4. The number of ether oxygens (including phenoxy) is 1. The van der Waals surface area contributed by atoms with Crippen LogP contribution in [0.5, 0.6) is 5.75 Å². The minimum Gasteiger partial charge on any atom is -0.491 e. The average molecular weight is 363 g/mol. The van der Waals surface area contributed by atoms with Crippen molar-refractivity contribution in [2.45, 2.75) is 66.0 Å². The zero-order valence-electron chi connectivity index (χ0n) is 17.0. The predicted octanol–water partition coefficient (Wildman–Crippen LogP) is 3.55. The number of nitrogens with zero attached hydrogens (tertiary/aromatic N) is 1. The lowest BCUT2D eigenvalue weighted by atomic mass is 10.1. The summed E-state index contributed by atoms with van der Waals surface area (Å²) in [6, 6.07) is 7.70. The van der Waals surface area contributed by atoms with Crippen molar-refractivity contribution >= 4 is 17.6 Å². The highest BCUT2D eigenvalue weighted by Gasteiger charge is 2.13. The average Bonchev–Trinajstić information content (AvgIpc) is 2.52. The second-order valence-corrected chi connectivity index (χ2v) is 7.56. The minimum atomic E-state index is -0.262. The Kier molecular flexibility index (Phi) is 8.96. The van der Waals surface area contributed by atoms with Crippen molar-refractivity contribution in [1.29, 1.82) is 0 Å². The first-order chi connectivity index (χ1) is 12.2. The van der Waals surface area contributed by atoms with Crippen LogP contribution in [0.1, 0.15) is 54.4 Å². The first-order valence-corrected chi connectivity index (χ1v) is 9.32. The number of hydrogen-bond donors (Lipinski definition) is 3. The van der Waals surface area contributed by atoms with E-state index in [2.05, 4.69) is 27.9 Å². The number of rotatable bonds is 8. The van der Waals surface area contributed by atoms with E-state index in [0.29, 0.717) is 5.96 Å². The molecule has 0 atom stereocenters. The van der Waals surface area contributed by atoms with Crippen molar-refractivity contribution < 1.29 is 9.53 Å². The maximum absolute atomic E-state index is 12.0. The molecule has 3 N–H and O–H groups in total. The van der Waals surface area contributed by atoms with E-state index >= 15 is 0 Å². The molecule has 0 radical (unpaired) electrons. The van der Waals surface area contributed by atoms with Crippen LogP contribution < -0.4 is 20.7 Å². The topological polar surface area (TPSA) is 74.8 Å². The molecule has 1 aromatic rings. The molecule has 1 amide bonds. The summed E-state index contributed by atoms with van der Waals surface area (Å²) in [5.74, 6) is 1.32. The van der Waals surface area contributed by atoms with Gasteiger partial charge < -0.3 is 20.7 Å². The molecule has 26 heavy (non-hydrogen) atoms. The molecule has 0 fully saturated rings. The van der Waals surface area contributed by atoms with Gasteiger partial charge in [0.2, 0.25) is 5.91 Å². The lowest BCUT2D eigenvalue weighted by Gasteiger charge is -2.20. The molecule has 0 unspecified atom stereocenters. The third kappa shape index (κ3) is 9.91. The van der Waals surface area contributed by atoms with E-state index in [1.807, 2.05) is 58.9 Å². The molecule has 146 valence electrons. The zero-order valence-corrected chi connectivity index (χ0v) is 17.0. The normalized spacial score (nSPS) is 12.0. The summed E-state index contributed by atoms with van der Waals surface area (Å²) in [6.07, 6.45) is 2.27. The van der Waals surface area contributed by atoms with Gasteiger partial charge in [-0.3, -0.25) is 4.79 Å². The summed E-state index contributed by atoms with van der Waals surface area (Å²) in [5, 5.41) is 9.41. The van der Waals surface area contributed by atoms with Crippen molar-refractivity contribution in [2.24, 2.45) is 4.99 Å². The van der Waals surface area contributed by atoms with Gasteiger partial charge >= 0.3 is 0 Å². The number of nitrogens with one attached hydrogen (secondary N) is 3. The van der Waals surface area contributed by atoms with Gasteiger partial charge in [-0.15, -0.1) is 0 Å². The molecule has 0 aliphatic carbocycles. The highest BCUT2D eigenvalue weighted by molar-refractivity contribution is 5.95. The van der Waals surface area contributed by atoms with Gasteiger partial charge in [0.25, 0.3) is 0 Å². The van der Waals surface area contributed by atoms with E-state index in [9.17, 15) is 4.79 Å². The second-order valence-electron chi connectivity index (χ2n) is 7.56. The van der Waals surface area contributed by atoms with Gasteiger partial charge in [0.05, 0.1) is 6.10 Å². The fourth-order valence-corrected chi connectivity index (χ4v) is 2.16. The van der Waals surface area contributed by atoms with Crippen LogP contribution in [0.15, 0.2) is 29.3 Å². The molecule has 0 aromatic heterocycles. The smallest absolute Gasteiger partial charge is 0.242 e. The van der Waals surface area contributed by atoms with Crippen molar-refractivity contribution in [3.05, 3.63) is 24.3 Å². The number of unbranched alkanes of at least 4 members (excludes halogenated alkanes) is 1. The van der Waals surface area contributed by atoms with Crippen molar-refractivity contribution in [1.82, 2.24) is 10.6 Å². The van der Waals surface area contributed by atoms with Crippen LogP contribution >= 0.6 is 0 Å². The van der Waals surface area contributed by atoms with E-state index in [4.69, 9.17) is 4.74 Å². The monoisotopic (exact) mass is 362 g/mol. The SMILES string of the molecule is CCCCNC(=NCC(=O)NC(C)(C)C)Nc1ccc(OC(C)C)cc1. The standard InChI is InChI=1S/C20H34N4O2/c1-7-8-13-21-19(22-14-18(25)24-20(4,5)6)23-16-9-11-17(12-10-16)26-15(2)3/h9-12,15H,7-8,13-14H2,1-6H3,(H,24,25)(H2,21,22,23). The van der Waals surface area contributed by atoms with Gasteiger partial charge in [0.15, 0.2) is 5.96 Å². The summed E-state index contributed by atoms with van der Waals surface area (Å²) >= 11 is 0. The van der Waals surface area contributed by atoms with Gasteiger partial charge in [-0.1, -0.05) is 13.3 Å². The van der Waals surface area contributed by atoms with E-state index in [1.165, 1.54) is 0 Å². The van der Waals surface area contributed by atoms with Gasteiger partial charge in [-0.2, -0.15) is 0 Å². The number of amides is 1. The number of anilines is 1. The molecule has 1 aromatic carbocycles. The highest BCUT2D eigenvalue weighted by atomic mass is 16.5. The Morgan fingerprint density at radius 1 is 1.19 bits per heavy atom. The molecule has 6 heteroatoms. The van der Waals surface area contributed by atoms with E-state index in [1.54, 1.807) is 0 Å². The lowest BCUT2D eigenvalue weighted by molar-refractivity contribution is -0.121. The Labute approximate surface area is 157 Å². The Morgan fingerprint density at radius 2 is 1.85 bits per heavy atom. The molecule has 0 saturated carbocycles. The van der Waals surface area contributed by atoms with Gasteiger partial charge in [-0.25, -0.2) is 4.99 Å². The molecule has 0 aliphatic heterocycles. The molecular weight excluding hydrogens is 328 g/mol. The Morgan fingerprint density at radius 3 is 2.38 bits per heavy atom. The summed E-state index contributed by atoms with van der Waals surface area (Å²) in [5.41, 5.74) is 0.627. The largest absolute Gasteiger partial charge is 0.491 e. The summed E-state index contributed by atoms with van der Waals surface area (Å²) in [6.45, 7) is 12.9. The molecule has 0 bridgehead atoms. The molecule has 1 rings (SSSR count). The van der Waals surface area contributed by atoms with E-state index in [0.717, 1.165) is 30.8 Å². The van der Waals surface area contributed by atoms with Crippen LogP contribution in [0.2, 0.25) is 0 Å². The summed E-state index contributed by atoms with van der Waals surface area (Å²) in [7, 11) is 0. The molecule has 0 aliphatic rings. The summed E-state index contributed by atoms with van der Waals surface area (Å²) < 4.78 is 5.65. The van der Waals surface area contributed by atoms with Crippen LogP contribution in [-0.4, -0.2) is 36.6 Å². The Hall–Kier alpha value is -2.24. The van der Waals surface area contributed by atoms with Crippen molar-refractivity contribution in [3.63, 3.8) is 0 Å². The van der Waals surface area contributed by atoms with Gasteiger partial charge in [0, 0.05) is 17.8 Å². The maximum Gasteiger partial charge on any atom is 0.242 e. The van der Waals surface area contributed by atoms with E-state index < -0.39 is 0 Å². The first kappa shape index (κ1) is 21.8. The number of hydrogen-bond acceptors (Lipinski definition) is 3. The van der Waals surface area contributed by atoms with Gasteiger partial charge in [0.1, 0.15) is 12.3 Å². The van der Waals surface area contributed by atoms with Crippen LogP contribution in [0.4, 0.5) is 5.69 Å². The van der Waals surface area contributed by atoms with Crippen molar-refractivity contribution in [3.8, 4) is 5.75 Å². The quantitative estimate of drug-likeness (QED) is 0.376. The fraction of sp³-hybridized carbons (Fsp3) is 0.600. The molecule has 0 heterocycles. The third-order valence-corrected chi connectivity index (χ3v) is 3.21. The van der Waals surface area contributed by atoms with Crippen LogP contribution in [0, 0.1) is 0 Å². The Bertz CT molecular complexity index is 574. The number of carbonyl (C=O) groups excluding carboxylic acids is 1. The highest BCUT2D eigenvalue weighted by Crippen LogP contribution is 2.16. The number of carbonyl (C=O) groups is 1. The minimum absolute atomic E-state index is 0.0767. The molecule has 0 spiro atoms. The maximum atomic E-state index is 12.0. The van der Waals surface area contributed by atoms with Gasteiger partial charge in [-0.05, 0) is 65.3 Å². The van der Waals surface area contributed by atoms with Crippen LogP contribution in [0.25, 0.3) is 0 Å². The fourth-order valence-electron chi connectivity index (χ4n) is 2.16. The number of guanidine groups is 1. The van der Waals surface area contributed by atoms with Crippen LogP contribution in [-0.2, 0) is 4.79 Å². The molecule has 0 saturated heterocycles. The predicted molar refractivity (Wildman–Crippen MR) is 109 cm³/mol.